The Morgan fingerprint density at radius 3 is 1.80 bits per heavy atom. The molecule has 0 rings (SSSR count). The van der Waals surface area contributed by atoms with Gasteiger partial charge in [0, 0.05) is 0 Å². The van der Waals surface area contributed by atoms with Gasteiger partial charge in [-0.3, -0.25) is 4.57 Å². The zero-order valence-electron chi connectivity index (χ0n) is 10.7. The summed E-state index contributed by atoms with van der Waals surface area (Å²) in [7, 11) is -2.36. The van der Waals surface area contributed by atoms with Crippen LogP contribution in [-0.2, 0) is 13.6 Å². The van der Waals surface area contributed by atoms with Gasteiger partial charge in [-0.1, -0.05) is 19.6 Å². The van der Waals surface area contributed by atoms with Crippen LogP contribution < -0.4 is 0 Å². The summed E-state index contributed by atoms with van der Waals surface area (Å²) in [4.78, 5) is 0. The summed E-state index contributed by atoms with van der Waals surface area (Å²) in [6.07, 6.45) is 0.393. The highest BCUT2D eigenvalue weighted by atomic mass is 31.2. The Bertz CT molecular complexity index is 220. The molecule has 0 heterocycles. The molecular weight excluding hydrogens is 229 g/mol. The number of nitrogens with zero attached hydrogens (tertiary/aromatic N) is 1. The van der Waals surface area contributed by atoms with E-state index in [-0.39, 0.29) is 0 Å². The van der Waals surface area contributed by atoms with E-state index in [2.05, 4.69) is 24.2 Å². The molecule has 0 amide bonds. The van der Waals surface area contributed by atoms with Gasteiger partial charge in [0.05, 0.1) is 19.5 Å². The van der Waals surface area contributed by atoms with E-state index in [0.29, 0.717) is 19.5 Å². The minimum Gasteiger partial charge on any atom is -0.316 e. The molecule has 15 heavy (non-hydrogen) atoms. The van der Waals surface area contributed by atoms with E-state index >= 15 is 0 Å². The lowest BCUT2D eigenvalue weighted by Crippen LogP contribution is -2.43. The van der Waals surface area contributed by atoms with Gasteiger partial charge in [0.25, 0.3) is 0 Å². The van der Waals surface area contributed by atoms with E-state index in [1.54, 1.807) is 0 Å². The molecule has 0 N–H and O–H groups in total. The van der Waals surface area contributed by atoms with Crippen molar-refractivity contribution in [2.24, 2.45) is 0 Å². The molecule has 0 fully saturated rings. The molecule has 0 aliphatic rings. The van der Waals surface area contributed by atoms with Crippen molar-refractivity contribution < 1.29 is 13.6 Å². The van der Waals surface area contributed by atoms with Gasteiger partial charge in [-0.2, -0.15) is 0 Å². The third-order valence-corrected chi connectivity index (χ3v) is 6.97. The molecular formula is C9H24NO3PSi. The molecule has 0 aliphatic heterocycles. The first-order valence-electron chi connectivity index (χ1n) is 5.34. The predicted octanol–water partition coefficient (Wildman–Crippen LogP) is 2.98. The average molecular weight is 253 g/mol. The third kappa shape index (κ3) is 5.83. The van der Waals surface area contributed by atoms with Gasteiger partial charge in [0.1, 0.15) is 8.24 Å². The molecule has 0 spiro atoms. The van der Waals surface area contributed by atoms with Crippen LogP contribution in [0.25, 0.3) is 0 Å². The van der Waals surface area contributed by atoms with Gasteiger partial charge < -0.3 is 13.6 Å². The van der Waals surface area contributed by atoms with Crippen LogP contribution >= 0.6 is 7.60 Å². The zero-order valence-corrected chi connectivity index (χ0v) is 12.6. The van der Waals surface area contributed by atoms with Crippen LogP contribution in [0.5, 0.6) is 0 Å². The molecule has 0 unspecified atom stereocenters. The summed E-state index contributed by atoms with van der Waals surface area (Å²) in [5.74, 6) is 0. The molecule has 0 atom stereocenters. The van der Waals surface area contributed by atoms with Crippen LogP contribution in [0.4, 0.5) is 0 Å². The fourth-order valence-corrected chi connectivity index (χ4v) is 4.75. The second-order valence-corrected chi connectivity index (χ2v) is 11.6. The van der Waals surface area contributed by atoms with Gasteiger partial charge >= 0.3 is 7.60 Å². The number of rotatable bonds is 7. The Kier molecular flexibility index (Phi) is 6.29. The summed E-state index contributed by atoms with van der Waals surface area (Å²) in [5.41, 5.74) is 0. The van der Waals surface area contributed by atoms with Crippen LogP contribution in [0, 0.1) is 0 Å². The molecule has 0 saturated heterocycles. The molecule has 4 nitrogen and oxygen atoms in total. The predicted molar refractivity (Wildman–Crippen MR) is 66.8 cm³/mol. The first-order valence-corrected chi connectivity index (χ1v) is 10.5. The lowest BCUT2D eigenvalue weighted by atomic mass is 10.9. The van der Waals surface area contributed by atoms with Gasteiger partial charge in [-0.15, -0.1) is 0 Å². The maximum atomic E-state index is 12.2. The van der Waals surface area contributed by atoms with Crippen LogP contribution in [0.2, 0.25) is 19.6 Å². The Morgan fingerprint density at radius 2 is 1.53 bits per heavy atom. The van der Waals surface area contributed by atoms with E-state index in [9.17, 15) is 4.57 Å². The Hall–Kier alpha value is 0.327. The number of hydrogen-bond acceptors (Lipinski definition) is 4. The highest BCUT2D eigenvalue weighted by Gasteiger charge is 2.31. The van der Waals surface area contributed by atoms with Crippen molar-refractivity contribution in [1.82, 2.24) is 4.57 Å². The largest absolute Gasteiger partial charge is 0.343 e. The first-order chi connectivity index (χ1) is 6.75. The average Bonchev–Trinajstić information content (AvgIpc) is 2.02. The Morgan fingerprint density at radius 1 is 1.13 bits per heavy atom. The fraction of sp³-hybridized carbons (Fsp3) is 1.00. The van der Waals surface area contributed by atoms with Crippen molar-refractivity contribution in [3.63, 3.8) is 0 Å². The third-order valence-electron chi connectivity index (χ3n) is 2.18. The molecule has 0 radical (unpaired) electrons. The maximum absolute atomic E-state index is 12.2. The monoisotopic (exact) mass is 253 g/mol. The van der Waals surface area contributed by atoms with Crippen LogP contribution in [-0.4, -0.2) is 39.3 Å². The SMILES string of the molecule is CCOP(=O)(CN(C)[Si](C)(C)C)OCC. The minimum atomic E-state index is -2.91. The lowest BCUT2D eigenvalue weighted by Gasteiger charge is -2.32. The van der Waals surface area contributed by atoms with Gasteiger partial charge in [-0.05, 0) is 20.9 Å². The van der Waals surface area contributed by atoms with Crippen LogP contribution in [0.3, 0.4) is 0 Å². The topological polar surface area (TPSA) is 38.8 Å². The van der Waals surface area contributed by atoms with Crippen LogP contribution in [0.1, 0.15) is 13.8 Å². The molecule has 0 aromatic heterocycles. The van der Waals surface area contributed by atoms with Crippen molar-refractivity contribution in [1.29, 1.82) is 0 Å². The van der Waals surface area contributed by atoms with Crippen molar-refractivity contribution in [2.75, 3.05) is 26.5 Å². The van der Waals surface area contributed by atoms with Crippen molar-refractivity contribution >= 4 is 15.8 Å². The normalized spacial score (nSPS) is 13.5. The standard InChI is InChI=1S/C9H24NO3PSi/c1-7-12-14(11,13-8-2)9-10(3)15(4,5)6/h7-9H2,1-6H3. The van der Waals surface area contributed by atoms with E-state index in [0.717, 1.165) is 0 Å². The maximum Gasteiger partial charge on any atom is 0.343 e. The minimum absolute atomic E-state index is 0.393. The smallest absolute Gasteiger partial charge is 0.316 e. The lowest BCUT2D eigenvalue weighted by molar-refractivity contribution is 0.212. The summed E-state index contributed by atoms with van der Waals surface area (Å²) >= 11 is 0. The van der Waals surface area contributed by atoms with Gasteiger partial charge in [0.2, 0.25) is 0 Å². The van der Waals surface area contributed by atoms with Crippen LogP contribution in [0.15, 0.2) is 0 Å². The molecule has 0 aromatic rings. The Labute approximate surface area is 94.6 Å². The fourth-order valence-electron chi connectivity index (χ4n) is 0.984. The zero-order chi connectivity index (χ0) is 12.1. The quantitative estimate of drug-likeness (QED) is 0.516. The van der Waals surface area contributed by atoms with Crippen molar-refractivity contribution in [2.45, 2.75) is 33.5 Å². The van der Waals surface area contributed by atoms with Gasteiger partial charge in [0.15, 0.2) is 0 Å². The highest BCUT2D eigenvalue weighted by Crippen LogP contribution is 2.48. The van der Waals surface area contributed by atoms with Crippen molar-refractivity contribution in [3.8, 4) is 0 Å². The Balaban J connectivity index is 4.48. The second kappa shape index (κ2) is 6.16. The molecule has 6 heteroatoms. The molecule has 0 aromatic carbocycles. The summed E-state index contributed by atoms with van der Waals surface area (Å²) in [5, 5.41) is 0. The first kappa shape index (κ1) is 15.3. The molecule has 92 valence electrons. The summed E-state index contributed by atoms with van der Waals surface area (Å²) < 4.78 is 24.8. The van der Waals surface area contributed by atoms with E-state index in [4.69, 9.17) is 9.05 Å². The number of hydrogen-bond donors (Lipinski definition) is 0. The highest BCUT2D eigenvalue weighted by molar-refractivity contribution is 7.53. The molecule has 0 saturated carbocycles. The van der Waals surface area contributed by atoms with E-state index in [1.165, 1.54) is 0 Å². The van der Waals surface area contributed by atoms with Crippen molar-refractivity contribution in [3.05, 3.63) is 0 Å². The summed E-state index contributed by atoms with van der Waals surface area (Å²) in [6.45, 7) is 11.1. The molecule has 0 aliphatic carbocycles. The molecule has 0 bridgehead atoms. The van der Waals surface area contributed by atoms with E-state index < -0.39 is 15.8 Å². The van der Waals surface area contributed by atoms with Gasteiger partial charge in [-0.25, -0.2) is 0 Å². The van der Waals surface area contributed by atoms with E-state index in [1.807, 2.05) is 20.9 Å². The second-order valence-electron chi connectivity index (χ2n) is 4.46. The summed E-state index contributed by atoms with van der Waals surface area (Å²) in [6, 6.07) is 0.